The molecule has 0 aliphatic heterocycles. The van der Waals surface area contributed by atoms with Crippen LogP contribution < -0.4 is 5.32 Å². The van der Waals surface area contributed by atoms with Crippen LogP contribution >= 0.6 is 11.3 Å². The maximum Gasteiger partial charge on any atom is 0.264 e. The predicted octanol–water partition coefficient (Wildman–Crippen LogP) is 5.68. The Labute approximate surface area is 257 Å². The molecule has 0 saturated heterocycles. The molecule has 228 valence electrons. The summed E-state index contributed by atoms with van der Waals surface area (Å²) in [6.07, 6.45) is 4.90. The molecule has 0 spiro atoms. The lowest BCUT2D eigenvalue weighted by molar-refractivity contribution is 0.326. The first-order chi connectivity index (χ1) is 20.4. The molecule has 0 atom stereocenters. The zero-order chi connectivity index (χ0) is 31.0. The minimum absolute atomic E-state index is 0.0284. The number of thiazole rings is 1. The van der Waals surface area contributed by atoms with E-state index in [0.29, 0.717) is 6.42 Å². The van der Waals surface area contributed by atoms with Crippen molar-refractivity contribution in [2.45, 2.75) is 26.7 Å². The molecule has 4 rings (SSSR count). The van der Waals surface area contributed by atoms with Crippen LogP contribution in [0.25, 0.3) is 11.3 Å². The topological polar surface area (TPSA) is 124 Å². The molecule has 0 radical (unpaired) electrons. The molecule has 0 aliphatic rings. The van der Waals surface area contributed by atoms with Crippen LogP contribution in [0.1, 0.15) is 32.1 Å². The largest absolute Gasteiger partial charge is 0.382 e. The van der Waals surface area contributed by atoms with Crippen LogP contribution in [0.3, 0.4) is 0 Å². The van der Waals surface area contributed by atoms with Crippen LogP contribution in [0.5, 0.6) is 0 Å². The van der Waals surface area contributed by atoms with Crippen LogP contribution in [-0.4, -0.2) is 60.3 Å². The van der Waals surface area contributed by atoms with Crippen LogP contribution in [0.4, 0.5) is 11.4 Å². The normalized spacial score (nSPS) is 12.2. The van der Waals surface area contributed by atoms with E-state index in [1.165, 1.54) is 10.4 Å². The van der Waals surface area contributed by atoms with Crippen LogP contribution in [-0.2, 0) is 41.4 Å². The molecule has 0 saturated carbocycles. The fourth-order valence-electron chi connectivity index (χ4n) is 4.49. The van der Waals surface area contributed by atoms with E-state index in [1.54, 1.807) is 17.6 Å². The first-order valence-electron chi connectivity index (χ1n) is 13.6. The van der Waals surface area contributed by atoms with Gasteiger partial charge in [0.15, 0.2) is 0 Å². The molecule has 43 heavy (non-hydrogen) atoms. The summed E-state index contributed by atoms with van der Waals surface area (Å²) in [6, 6.07) is 22.0. The third-order valence-electron chi connectivity index (χ3n) is 6.54. The summed E-state index contributed by atoms with van der Waals surface area (Å²) in [6.45, 7) is 4.20. The Balaban J connectivity index is 1.49. The van der Waals surface area contributed by atoms with Crippen molar-refractivity contribution < 1.29 is 25.2 Å². The molecule has 1 aromatic heterocycles. The number of aryl methyl sites for hydroxylation is 1. The monoisotopic (exact) mass is 641 g/mol. The quantitative estimate of drug-likeness (QED) is 0.106. The van der Waals surface area contributed by atoms with Crippen molar-refractivity contribution in [3.05, 3.63) is 98.9 Å². The number of nitrogens with one attached hydrogen (secondary N) is 1. The number of aliphatic imine (C=N–C) groups is 1. The summed E-state index contributed by atoms with van der Waals surface area (Å²) >= 11 is 1.71. The average molecular weight is 642 g/mol. The van der Waals surface area contributed by atoms with E-state index in [-0.39, 0.29) is 19.8 Å². The highest BCUT2D eigenvalue weighted by Gasteiger charge is 2.13. The van der Waals surface area contributed by atoms with Gasteiger partial charge in [-0.3, -0.25) is 13.4 Å². The lowest BCUT2D eigenvalue weighted by atomic mass is 9.98. The van der Waals surface area contributed by atoms with Gasteiger partial charge in [0.2, 0.25) is 0 Å². The van der Waals surface area contributed by atoms with Crippen molar-refractivity contribution >= 4 is 49.2 Å². The molecule has 0 unspecified atom stereocenters. The van der Waals surface area contributed by atoms with Crippen molar-refractivity contribution in [1.82, 2.24) is 4.98 Å². The van der Waals surface area contributed by atoms with Crippen LogP contribution in [0.2, 0.25) is 0 Å². The van der Waals surface area contributed by atoms with E-state index in [0.717, 1.165) is 63.3 Å². The number of rotatable bonds is 14. The number of hydrogen-bond donors (Lipinski definition) is 1. The predicted molar refractivity (Wildman–Crippen MR) is 174 cm³/mol. The lowest BCUT2D eigenvalue weighted by Gasteiger charge is -2.16. The van der Waals surface area contributed by atoms with Gasteiger partial charge in [-0.25, -0.2) is 4.98 Å². The van der Waals surface area contributed by atoms with Gasteiger partial charge in [0.1, 0.15) is 0 Å². The van der Waals surface area contributed by atoms with Crippen molar-refractivity contribution in [2.24, 2.45) is 4.99 Å². The molecule has 3 aromatic carbocycles. The Morgan fingerprint density at radius 3 is 2.23 bits per heavy atom. The summed E-state index contributed by atoms with van der Waals surface area (Å²) in [5, 5.41) is 4.25. The first kappa shape index (κ1) is 32.5. The Morgan fingerprint density at radius 1 is 0.884 bits per heavy atom. The van der Waals surface area contributed by atoms with Crippen LogP contribution in [0.15, 0.2) is 71.7 Å². The van der Waals surface area contributed by atoms with E-state index in [2.05, 4.69) is 29.4 Å². The number of nitrogens with zero attached hydrogens (tertiary/aromatic N) is 2. The number of hydrogen-bond acceptors (Lipinski definition) is 10. The number of anilines is 1. The molecule has 9 nitrogen and oxygen atoms in total. The van der Waals surface area contributed by atoms with Crippen molar-refractivity contribution in [2.75, 3.05) is 37.6 Å². The summed E-state index contributed by atoms with van der Waals surface area (Å²) in [4.78, 5) is 10.7. The van der Waals surface area contributed by atoms with E-state index in [1.807, 2.05) is 61.5 Å². The van der Waals surface area contributed by atoms with Crippen molar-refractivity contribution in [3.63, 3.8) is 0 Å². The molecule has 0 bridgehead atoms. The highest BCUT2D eigenvalue weighted by atomic mass is 32.2. The molecular formula is C31H35N3O6S3. The second kappa shape index (κ2) is 14.4. The van der Waals surface area contributed by atoms with Gasteiger partial charge in [-0.15, -0.1) is 11.3 Å². The maximum atomic E-state index is 11.5. The zero-order valence-corrected chi connectivity index (χ0v) is 27.0. The molecule has 1 heterocycles. The average Bonchev–Trinajstić information content (AvgIpc) is 3.31. The molecular weight excluding hydrogens is 607 g/mol. The van der Waals surface area contributed by atoms with Crippen LogP contribution in [0, 0.1) is 13.8 Å². The third kappa shape index (κ3) is 10.1. The van der Waals surface area contributed by atoms with E-state index >= 15 is 0 Å². The standard InChI is InChI=1S/C31H35N3O6S3/c1-22-26(12-15-29(32-17-19-40-43(4,37)38)28(22)16-18-39-42(3,35)36)21-33-27-13-10-25(11-14-27)31-23(2)41-30(34-31)20-24-8-6-5-7-9-24/h5-15,21,32H,16-20H2,1-4H3. The molecule has 0 fully saturated rings. The van der Waals surface area contributed by atoms with Gasteiger partial charge in [-0.05, 0) is 60.7 Å². The van der Waals surface area contributed by atoms with Crippen molar-refractivity contribution in [3.8, 4) is 11.3 Å². The van der Waals surface area contributed by atoms with E-state index < -0.39 is 20.2 Å². The van der Waals surface area contributed by atoms with E-state index in [9.17, 15) is 16.8 Å². The van der Waals surface area contributed by atoms with Crippen molar-refractivity contribution in [1.29, 1.82) is 0 Å². The Bertz CT molecular complexity index is 1780. The lowest BCUT2D eigenvalue weighted by Crippen LogP contribution is -2.15. The molecule has 12 heteroatoms. The van der Waals surface area contributed by atoms with Gasteiger partial charge in [-0.1, -0.05) is 48.5 Å². The zero-order valence-electron chi connectivity index (χ0n) is 24.5. The van der Waals surface area contributed by atoms with Gasteiger partial charge in [0.25, 0.3) is 20.2 Å². The highest BCUT2D eigenvalue weighted by Crippen LogP contribution is 2.30. The minimum Gasteiger partial charge on any atom is -0.382 e. The maximum absolute atomic E-state index is 11.5. The second-order valence-electron chi connectivity index (χ2n) is 10.0. The van der Waals surface area contributed by atoms with Gasteiger partial charge in [0, 0.05) is 35.3 Å². The van der Waals surface area contributed by atoms with Gasteiger partial charge in [-0.2, -0.15) is 16.8 Å². The van der Waals surface area contributed by atoms with Gasteiger partial charge < -0.3 is 5.32 Å². The summed E-state index contributed by atoms with van der Waals surface area (Å²) in [5.74, 6) is 0. The fourth-order valence-corrected chi connectivity index (χ4v) is 6.25. The number of benzene rings is 3. The SMILES string of the molecule is Cc1sc(Cc2ccccc2)nc1-c1ccc(N=Cc2ccc(NCCOS(C)(=O)=O)c(CCOS(C)(=O)=O)c2C)cc1. The smallest absolute Gasteiger partial charge is 0.264 e. The second-order valence-corrected chi connectivity index (χ2v) is 14.6. The molecule has 1 N–H and O–H groups in total. The fraction of sp³-hybridized carbons (Fsp3) is 0.290. The summed E-state index contributed by atoms with van der Waals surface area (Å²) in [7, 11) is -7.14. The molecule has 0 aliphatic carbocycles. The Kier molecular flexibility index (Phi) is 10.9. The highest BCUT2D eigenvalue weighted by molar-refractivity contribution is 7.86. The van der Waals surface area contributed by atoms with Gasteiger partial charge in [0.05, 0.1) is 42.1 Å². The third-order valence-corrected chi connectivity index (χ3v) is 8.70. The summed E-state index contributed by atoms with van der Waals surface area (Å²) < 4.78 is 55.3. The summed E-state index contributed by atoms with van der Waals surface area (Å²) in [5.41, 5.74) is 7.36. The number of aromatic nitrogens is 1. The minimum atomic E-state index is -3.59. The Morgan fingerprint density at radius 2 is 1.56 bits per heavy atom. The van der Waals surface area contributed by atoms with Gasteiger partial charge >= 0.3 is 0 Å². The first-order valence-corrected chi connectivity index (χ1v) is 18.0. The Hall–Kier alpha value is -3.42. The molecule has 4 aromatic rings. The molecule has 0 amide bonds. The van der Waals surface area contributed by atoms with E-state index in [4.69, 9.17) is 13.4 Å².